The van der Waals surface area contributed by atoms with Gasteiger partial charge in [0, 0.05) is 37.1 Å². The van der Waals surface area contributed by atoms with Crippen molar-refractivity contribution in [3.63, 3.8) is 0 Å². The summed E-state index contributed by atoms with van der Waals surface area (Å²) in [6, 6.07) is 0. The van der Waals surface area contributed by atoms with E-state index in [4.69, 9.17) is 19.5 Å². The number of nitrogens with two attached hydrogens (primary N) is 1. The van der Waals surface area contributed by atoms with Crippen LogP contribution in [-0.2, 0) is 50.7 Å². The van der Waals surface area contributed by atoms with Gasteiger partial charge in [-0.25, -0.2) is 28.6 Å². The maximum absolute atomic E-state index is 12.7. The lowest BCUT2D eigenvalue weighted by Gasteiger charge is -2.30. The van der Waals surface area contributed by atoms with Crippen molar-refractivity contribution in [3.05, 3.63) is 37.0 Å². The maximum atomic E-state index is 12.7. The van der Waals surface area contributed by atoms with Crippen molar-refractivity contribution in [1.82, 2.24) is 30.2 Å². The first kappa shape index (κ1) is 56.4. The molecule has 7 atom stereocenters. The summed E-state index contributed by atoms with van der Waals surface area (Å²) in [5.74, 6) is -1.04. The van der Waals surface area contributed by atoms with E-state index in [1.54, 1.807) is 0 Å². The van der Waals surface area contributed by atoms with Crippen molar-refractivity contribution in [1.29, 1.82) is 0 Å². The molecule has 1 saturated heterocycles. The summed E-state index contributed by atoms with van der Waals surface area (Å²) in [7, 11) is -16.4. The van der Waals surface area contributed by atoms with E-state index in [1.165, 1.54) is 13.8 Å². The standard InChI is InChI=1S/C37H62N7O17P3S/c1-4-5-6-7-8-9-10-11-12-13-14-15-16-17-28(46)65-21-20-39-27(45)18-19-40-35(49)32(48)37(2,3)23-58-64(55,56)61-63(53,54)57-22-26-31(60-62(50,51)52)30(47)36(59-26)44-25-43-29-33(38)41-24-42-34(29)44/h6-9,24-26,30-32,36,47-48H,4-5,10-23H2,1-3H3,(H,39,45)(H,40,49)(H,53,54)(H,55,56)(H2,38,41,42)(H2,50,51,52)/b7-6+,9-8+. The summed E-state index contributed by atoms with van der Waals surface area (Å²) >= 11 is 1.14. The molecule has 0 aliphatic carbocycles. The lowest BCUT2D eigenvalue weighted by molar-refractivity contribution is -0.137. The molecule has 0 spiro atoms. The maximum Gasteiger partial charge on any atom is 0.481 e. The van der Waals surface area contributed by atoms with Gasteiger partial charge in [0.25, 0.3) is 0 Å². The third kappa shape index (κ3) is 20.4. The molecule has 0 aromatic carbocycles. The van der Waals surface area contributed by atoms with Crippen LogP contribution in [0.1, 0.15) is 97.6 Å². The van der Waals surface area contributed by atoms with Gasteiger partial charge in [-0.3, -0.25) is 32.5 Å². The van der Waals surface area contributed by atoms with E-state index in [0.717, 1.165) is 86.8 Å². The predicted molar refractivity (Wildman–Crippen MR) is 237 cm³/mol. The third-order valence-electron chi connectivity index (χ3n) is 9.61. The van der Waals surface area contributed by atoms with Crippen LogP contribution >= 0.6 is 35.2 Å². The average Bonchev–Trinajstić information content (AvgIpc) is 3.79. The number of amides is 2. The summed E-state index contributed by atoms with van der Waals surface area (Å²) in [5, 5.41) is 26.6. The van der Waals surface area contributed by atoms with Gasteiger partial charge in [0.1, 0.15) is 36.3 Å². The van der Waals surface area contributed by atoms with Gasteiger partial charge in [-0.2, -0.15) is 4.31 Å². The highest BCUT2D eigenvalue weighted by Gasteiger charge is 2.50. The van der Waals surface area contributed by atoms with Crippen LogP contribution in [-0.4, -0.2) is 123 Å². The Morgan fingerprint density at radius 3 is 2.29 bits per heavy atom. The zero-order valence-electron chi connectivity index (χ0n) is 36.5. The Labute approximate surface area is 381 Å². The summed E-state index contributed by atoms with van der Waals surface area (Å²) < 4.78 is 62.4. The number of ether oxygens (including phenoxy) is 1. The number of hydrogen-bond donors (Lipinski definition) is 9. The van der Waals surface area contributed by atoms with Crippen molar-refractivity contribution >= 4 is 69.1 Å². The van der Waals surface area contributed by atoms with Gasteiger partial charge in [0.2, 0.25) is 11.8 Å². The first-order chi connectivity index (χ1) is 30.6. The molecule has 0 bridgehead atoms. The lowest BCUT2D eigenvalue weighted by atomic mass is 9.87. The molecule has 2 amide bonds. The van der Waals surface area contributed by atoms with Gasteiger partial charge in [-0.15, -0.1) is 0 Å². The molecule has 1 aliphatic rings. The zero-order chi connectivity index (χ0) is 48.3. The molecule has 1 aliphatic heterocycles. The number of carbonyl (C=O) groups excluding carboxylic acids is 3. The van der Waals surface area contributed by atoms with E-state index in [1.807, 2.05) is 0 Å². The molecule has 24 nitrogen and oxygen atoms in total. The number of hydrogen-bond acceptors (Lipinski definition) is 18. The van der Waals surface area contributed by atoms with Crippen LogP contribution < -0.4 is 16.4 Å². The molecule has 3 rings (SSSR count). The molecular weight excluding hydrogens is 939 g/mol. The highest BCUT2D eigenvalue weighted by atomic mass is 32.2. The second-order valence-corrected chi connectivity index (χ2v) is 21.0. The fraction of sp³-hybridized carbons (Fsp3) is 0.676. The Hall–Kier alpha value is -2.96. The number of imidazole rings is 1. The number of unbranched alkanes of at least 4 members (excludes halogenated alkanes) is 7. The van der Waals surface area contributed by atoms with Crippen LogP contribution in [0, 0.1) is 5.41 Å². The molecule has 1 fully saturated rings. The second-order valence-electron chi connectivity index (χ2n) is 15.6. The molecule has 3 heterocycles. The number of nitrogen functional groups attached to an aromatic ring is 1. The molecule has 0 saturated carbocycles. The smallest absolute Gasteiger partial charge is 0.386 e. The van der Waals surface area contributed by atoms with Crippen LogP contribution in [0.2, 0.25) is 0 Å². The summed E-state index contributed by atoms with van der Waals surface area (Å²) in [4.78, 5) is 88.2. The number of carbonyl (C=O) groups is 3. The number of rotatable bonds is 31. The van der Waals surface area contributed by atoms with E-state index in [-0.39, 0.29) is 41.6 Å². The van der Waals surface area contributed by atoms with Crippen LogP contribution in [0.15, 0.2) is 37.0 Å². The number of anilines is 1. The fourth-order valence-corrected chi connectivity index (χ4v) is 9.67. The molecular formula is C37H62N7O17P3S. The molecule has 7 unspecified atom stereocenters. The van der Waals surface area contributed by atoms with Gasteiger partial charge in [-0.05, 0) is 25.7 Å². The van der Waals surface area contributed by atoms with Crippen LogP contribution in [0.3, 0.4) is 0 Å². The molecule has 65 heavy (non-hydrogen) atoms. The van der Waals surface area contributed by atoms with Gasteiger partial charge in [0.05, 0.1) is 19.5 Å². The van der Waals surface area contributed by atoms with Crippen LogP contribution in [0.5, 0.6) is 0 Å². The van der Waals surface area contributed by atoms with Crippen molar-refractivity contribution in [2.75, 3.05) is 37.8 Å². The Bertz CT molecular complexity index is 2050. The summed E-state index contributed by atoms with van der Waals surface area (Å²) in [6.45, 7) is 2.70. The predicted octanol–water partition coefficient (Wildman–Crippen LogP) is 3.70. The number of fused-ring (bicyclic) bond motifs is 1. The first-order valence-corrected chi connectivity index (χ1v) is 26.4. The van der Waals surface area contributed by atoms with E-state index in [0.29, 0.717) is 12.2 Å². The van der Waals surface area contributed by atoms with Gasteiger partial charge >= 0.3 is 23.5 Å². The minimum absolute atomic E-state index is 0.0321. The van der Waals surface area contributed by atoms with Crippen molar-refractivity contribution < 1.29 is 80.5 Å². The monoisotopic (exact) mass is 1000 g/mol. The molecule has 2 aromatic heterocycles. The van der Waals surface area contributed by atoms with Crippen molar-refractivity contribution in [3.8, 4) is 0 Å². The molecule has 0 radical (unpaired) electrons. The molecule has 368 valence electrons. The normalized spacial score (nSPS) is 20.6. The van der Waals surface area contributed by atoms with Gasteiger partial charge in [0.15, 0.2) is 22.8 Å². The Kier molecular flexibility index (Phi) is 23.5. The largest absolute Gasteiger partial charge is 0.481 e. The average molecular weight is 1000 g/mol. The minimum Gasteiger partial charge on any atom is -0.386 e. The number of nitrogens with one attached hydrogen (secondary N) is 2. The molecule has 28 heteroatoms. The zero-order valence-corrected chi connectivity index (χ0v) is 40.0. The Morgan fingerprint density at radius 2 is 1.60 bits per heavy atom. The number of allylic oxidation sites excluding steroid dienone is 4. The van der Waals surface area contributed by atoms with Gasteiger partial charge in [-0.1, -0.05) is 88.9 Å². The number of aliphatic hydroxyl groups excluding tert-OH is 2. The van der Waals surface area contributed by atoms with Crippen LogP contribution in [0.25, 0.3) is 11.2 Å². The van der Waals surface area contributed by atoms with E-state index < -0.39 is 84.6 Å². The van der Waals surface area contributed by atoms with Crippen LogP contribution in [0.4, 0.5) is 5.82 Å². The summed E-state index contributed by atoms with van der Waals surface area (Å²) in [6.07, 6.45) is 11.8. The third-order valence-corrected chi connectivity index (χ3v) is 13.6. The highest BCUT2D eigenvalue weighted by Crippen LogP contribution is 2.61. The van der Waals surface area contributed by atoms with E-state index in [2.05, 4.69) is 65.6 Å². The molecule has 10 N–H and O–H groups in total. The molecule has 2 aromatic rings. The quantitative estimate of drug-likeness (QED) is 0.0295. The lowest BCUT2D eigenvalue weighted by Crippen LogP contribution is -2.46. The first-order valence-electron chi connectivity index (χ1n) is 20.9. The van der Waals surface area contributed by atoms with E-state index in [9.17, 15) is 57.9 Å². The topological polar surface area (TPSA) is 364 Å². The Morgan fingerprint density at radius 1 is 0.938 bits per heavy atom. The van der Waals surface area contributed by atoms with Crippen molar-refractivity contribution in [2.45, 2.75) is 122 Å². The Balaban J connectivity index is 1.33. The highest BCUT2D eigenvalue weighted by molar-refractivity contribution is 8.13. The SMILES string of the molecule is CCC/C=C/C=C/CCCCCCCCC(=O)SCCNC(=O)CCNC(=O)C(O)C(C)(C)COP(=O)(O)OP(=O)(O)OCC1OC(n2cnc3c(N)ncnc32)C(O)C1OP(=O)(O)O. The number of phosphoric ester groups is 3. The second kappa shape index (κ2) is 27.1. The number of aliphatic hydroxyl groups is 2. The van der Waals surface area contributed by atoms with Crippen molar-refractivity contribution in [2.24, 2.45) is 5.41 Å². The van der Waals surface area contributed by atoms with E-state index >= 15 is 0 Å². The number of phosphoric acid groups is 3. The number of thioether (sulfide) groups is 1. The van der Waals surface area contributed by atoms with Gasteiger partial charge < -0.3 is 50.9 Å². The number of nitrogens with zero attached hydrogens (tertiary/aromatic N) is 4. The summed E-state index contributed by atoms with van der Waals surface area (Å²) in [5.41, 5.74) is 4.28. The fourth-order valence-electron chi connectivity index (χ4n) is 6.12. The minimum atomic E-state index is -5.58. The number of aromatic nitrogens is 4.